The van der Waals surface area contributed by atoms with E-state index in [0.29, 0.717) is 17.5 Å². The first kappa shape index (κ1) is 33.6. The van der Waals surface area contributed by atoms with E-state index >= 15 is 0 Å². The second kappa shape index (κ2) is 15.5. The molecular weight excluding hydrogens is 568 g/mol. The Balaban J connectivity index is 1.83. The Morgan fingerprint density at radius 1 is 0.841 bits per heavy atom. The van der Waals surface area contributed by atoms with E-state index in [1.165, 1.54) is 19.1 Å². The normalized spacial score (nSPS) is 14.5. The number of benzene rings is 2. The highest BCUT2D eigenvalue weighted by atomic mass is 16.4. The molecule has 0 spiro atoms. The first-order chi connectivity index (χ1) is 20.9. The summed E-state index contributed by atoms with van der Waals surface area (Å²) in [5.41, 5.74) is 8.13. The summed E-state index contributed by atoms with van der Waals surface area (Å²) in [6, 6.07) is 9.18. The maximum Gasteiger partial charge on any atom is 0.322 e. The Morgan fingerprint density at radius 2 is 1.48 bits per heavy atom. The Hall–Kier alpha value is -4.91. The number of hydrogen-bond donors (Lipinski definition) is 8. The Kier molecular flexibility index (Phi) is 11.9. The molecule has 0 aliphatic carbocycles. The topological polar surface area (TPSA) is 216 Å². The minimum atomic E-state index is -1.25. The largest absolute Gasteiger partial charge is 0.508 e. The van der Waals surface area contributed by atoms with Gasteiger partial charge in [0.2, 0.25) is 23.6 Å². The smallest absolute Gasteiger partial charge is 0.322 e. The van der Waals surface area contributed by atoms with Crippen LogP contribution < -0.4 is 27.0 Å². The number of carbonyl (C=O) groups is 5. The molecular formula is C31H40N6O7. The molecule has 13 nitrogen and oxygen atoms in total. The predicted octanol–water partition coefficient (Wildman–Crippen LogP) is 0.707. The molecule has 4 amide bonds. The van der Waals surface area contributed by atoms with Crippen LogP contribution in [0, 0.1) is 5.92 Å². The predicted molar refractivity (Wildman–Crippen MR) is 163 cm³/mol. The van der Waals surface area contributed by atoms with Gasteiger partial charge in [0.25, 0.3) is 0 Å². The van der Waals surface area contributed by atoms with E-state index < -0.39 is 60.3 Å². The van der Waals surface area contributed by atoms with Gasteiger partial charge in [-0.25, -0.2) is 0 Å². The standard InChI is InChI=1S/C31H40N6O7/c1-4-17(2)27(32)31(44)35-18(3)28(41)36-24(13-19-9-11-21(38)12-10-19)30(43)37-25(29(42)34-16-26(39)40)14-20-15-33-23-8-6-5-7-22(20)23/h5-12,15,17-18,24-25,27,33,38H,4,13-14,16,32H2,1-3H3,(H,34,42)(H,35,44)(H,36,41)(H,37,43)(H,39,40). The highest BCUT2D eigenvalue weighted by molar-refractivity contribution is 5.95. The van der Waals surface area contributed by atoms with Crippen LogP contribution in [-0.2, 0) is 36.8 Å². The molecule has 44 heavy (non-hydrogen) atoms. The molecule has 0 aliphatic heterocycles. The lowest BCUT2D eigenvalue weighted by molar-refractivity contribution is -0.138. The number of hydrogen-bond acceptors (Lipinski definition) is 7. The van der Waals surface area contributed by atoms with E-state index in [1.54, 1.807) is 18.3 Å². The summed E-state index contributed by atoms with van der Waals surface area (Å²) >= 11 is 0. The van der Waals surface area contributed by atoms with E-state index in [0.717, 1.165) is 10.9 Å². The Labute approximate surface area is 255 Å². The molecule has 1 heterocycles. The number of aliphatic carboxylic acids is 1. The van der Waals surface area contributed by atoms with Crippen molar-refractivity contribution in [2.24, 2.45) is 11.7 Å². The summed E-state index contributed by atoms with van der Waals surface area (Å²) in [7, 11) is 0. The van der Waals surface area contributed by atoms with Crippen molar-refractivity contribution >= 4 is 40.5 Å². The number of phenols is 1. The average Bonchev–Trinajstić information content (AvgIpc) is 3.41. The molecule has 0 aliphatic rings. The first-order valence-electron chi connectivity index (χ1n) is 14.4. The fraction of sp³-hybridized carbons (Fsp3) is 0.387. The summed E-state index contributed by atoms with van der Waals surface area (Å²) in [4.78, 5) is 66.7. The molecule has 0 fully saturated rings. The van der Waals surface area contributed by atoms with Gasteiger partial charge in [-0.05, 0) is 42.2 Å². The number of H-pyrrole nitrogens is 1. The summed E-state index contributed by atoms with van der Waals surface area (Å²) < 4.78 is 0. The van der Waals surface area contributed by atoms with E-state index in [-0.39, 0.29) is 24.5 Å². The lowest BCUT2D eigenvalue weighted by Gasteiger charge is -2.25. The second-order valence-corrected chi connectivity index (χ2v) is 10.8. The van der Waals surface area contributed by atoms with Crippen LogP contribution in [0.4, 0.5) is 0 Å². The SMILES string of the molecule is CCC(C)C(N)C(=O)NC(C)C(=O)NC(Cc1ccc(O)cc1)C(=O)NC(Cc1c[nH]c2ccccc12)C(=O)NCC(=O)O. The lowest BCUT2D eigenvalue weighted by Crippen LogP contribution is -2.58. The monoisotopic (exact) mass is 608 g/mol. The lowest BCUT2D eigenvalue weighted by atomic mass is 9.99. The summed E-state index contributed by atoms with van der Waals surface area (Å²) in [6.07, 6.45) is 2.39. The van der Waals surface area contributed by atoms with Crippen LogP contribution in [0.3, 0.4) is 0 Å². The first-order valence-corrected chi connectivity index (χ1v) is 14.4. The van der Waals surface area contributed by atoms with E-state index in [2.05, 4.69) is 26.3 Å². The zero-order valence-electron chi connectivity index (χ0n) is 24.9. The number of amides is 4. The number of phenolic OH excluding ortho intramolecular Hbond substituents is 1. The van der Waals surface area contributed by atoms with Gasteiger partial charge < -0.3 is 42.2 Å². The van der Waals surface area contributed by atoms with Gasteiger partial charge >= 0.3 is 5.97 Å². The van der Waals surface area contributed by atoms with Gasteiger partial charge in [-0.3, -0.25) is 24.0 Å². The zero-order chi connectivity index (χ0) is 32.4. The van der Waals surface area contributed by atoms with Crippen LogP contribution in [0.1, 0.15) is 38.3 Å². The fourth-order valence-corrected chi connectivity index (χ4v) is 4.55. The minimum Gasteiger partial charge on any atom is -0.508 e. The summed E-state index contributed by atoms with van der Waals surface area (Å²) in [6.45, 7) is 4.54. The number of rotatable bonds is 15. The number of carbonyl (C=O) groups excluding carboxylic acids is 4. The maximum atomic E-state index is 13.7. The number of carboxylic acid groups (broad SMARTS) is 1. The maximum absolute atomic E-state index is 13.7. The van der Waals surface area contributed by atoms with Crippen LogP contribution in [-0.4, -0.2) is 75.5 Å². The number of para-hydroxylation sites is 1. The molecule has 2 aromatic carbocycles. The highest BCUT2D eigenvalue weighted by Crippen LogP contribution is 2.19. The van der Waals surface area contributed by atoms with Crippen LogP contribution in [0.2, 0.25) is 0 Å². The number of carboxylic acids is 1. The van der Waals surface area contributed by atoms with Gasteiger partial charge in [0.15, 0.2) is 0 Å². The van der Waals surface area contributed by atoms with Crippen molar-refractivity contribution in [3.63, 3.8) is 0 Å². The number of aromatic nitrogens is 1. The molecule has 0 bridgehead atoms. The molecule has 5 unspecified atom stereocenters. The van der Waals surface area contributed by atoms with Gasteiger partial charge in [0.05, 0.1) is 6.04 Å². The van der Waals surface area contributed by atoms with Crippen LogP contribution in [0.15, 0.2) is 54.7 Å². The number of fused-ring (bicyclic) bond motifs is 1. The number of nitrogens with two attached hydrogens (primary N) is 1. The van der Waals surface area contributed by atoms with Gasteiger partial charge in [-0.2, -0.15) is 0 Å². The third-order valence-corrected chi connectivity index (χ3v) is 7.47. The summed E-state index contributed by atoms with van der Waals surface area (Å²) in [5, 5.41) is 29.8. The third kappa shape index (κ3) is 9.30. The van der Waals surface area contributed by atoms with Gasteiger partial charge in [0.1, 0.15) is 30.4 Å². The average molecular weight is 609 g/mol. The van der Waals surface area contributed by atoms with Gasteiger partial charge in [0, 0.05) is 29.9 Å². The molecule has 0 radical (unpaired) electrons. The number of aromatic hydroxyl groups is 1. The minimum absolute atomic E-state index is 0.0124. The summed E-state index contributed by atoms with van der Waals surface area (Å²) in [5.74, 6) is -3.94. The number of aromatic amines is 1. The molecule has 0 saturated heterocycles. The molecule has 3 rings (SSSR count). The van der Waals surface area contributed by atoms with Crippen molar-refractivity contribution in [3.05, 3.63) is 65.9 Å². The molecule has 3 aromatic rings. The fourth-order valence-electron chi connectivity index (χ4n) is 4.55. The Bertz CT molecular complexity index is 1470. The van der Waals surface area contributed by atoms with Crippen molar-refractivity contribution in [3.8, 4) is 5.75 Å². The van der Waals surface area contributed by atoms with Crippen LogP contribution in [0.5, 0.6) is 5.75 Å². The molecule has 9 N–H and O–H groups in total. The molecule has 5 atom stereocenters. The number of nitrogens with one attached hydrogen (secondary N) is 5. The quantitative estimate of drug-likeness (QED) is 0.123. The van der Waals surface area contributed by atoms with E-state index in [1.807, 2.05) is 38.1 Å². The van der Waals surface area contributed by atoms with Crippen molar-refractivity contribution < 1.29 is 34.2 Å². The van der Waals surface area contributed by atoms with Crippen molar-refractivity contribution in [1.29, 1.82) is 0 Å². The highest BCUT2D eigenvalue weighted by Gasteiger charge is 2.30. The van der Waals surface area contributed by atoms with Gasteiger partial charge in [-0.1, -0.05) is 50.6 Å². The molecule has 13 heteroatoms. The van der Waals surface area contributed by atoms with E-state index in [4.69, 9.17) is 10.8 Å². The van der Waals surface area contributed by atoms with Crippen LogP contribution >= 0.6 is 0 Å². The molecule has 236 valence electrons. The molecule has 1 aromatic heterocycles. The van der Waals surface area contributed by atoms with Crippen molar-refractivity contribution in [2.75, 3.05) is 6.54 Å². The third-order valence-electron chi connectivity index (χ3n) is 7.47. The van der Waals surface area contributed by atoms with Crippen molar-refractivity contribution in [2.45, 2.75) is 64.2 Å². The van der Waals surface area contributed by atoms with Crippen molar-refractivity contribution in [1.82, 2.24) is 26.3 Å². The van der Waals surface area contributed by atoms with Crippen LogP contribution in [0.25, 0.3) is 10.9 Å². The van der Waals surface area contributed by atoms with E-state index in [9.17, 15) is 29.1 Å². The second-order valence-electron chi connectivity index (χ2n) is 10.8. The van der Waals surface area contributed by atoms with Gasteiger partial charge in [-0.15, -0.1) is 0 Å². The zero-order valence-corrected chi connectivity index (χ0v) is 24.9. The Morgan fingerprint density at radius 3 is 2.14 bits per heavy atom. The molecule has 0 saturated carbocycles.